The number of piperazine rings is 1. The minimum absolute atomic E-state index is 0.704. The number of nitrogens with zero attached hydrogens (tertiary/aromatic N) is 3. The van der Waals surface area contributed by atoms with E-state index in [9.17, 15) is 0 Å². The number of rotatable bonds is 2. The molecule has 0 radical (unpaired) electrons. The summed E-state index contributed by atoms with van der Waals surface area (Å²) in [5.41, 5.74) is 8.89. The van der Waals surface area contributed by atoms with Crippen LogP contribution in [0.4, 0.5) is 17.1 Å². The van der Waals surface area contributed by atoms with E-state index in [0.717, 1.165) is 47.0 Å². The number of anilines is 3. The van der Waals surface area contributed by atoms with Crippen molar-refractivity contribution in [2.45, 2.75) is 0 Å². The highest BCUT2D eigenvalue weighted by Crippen LogP contribution is 2.33. The molecule has 3 rings (SSSR count). The number of hydrogen-bond acceptors (Lipinski definition) is 4. The molecule has 0 amide bonds. The molecule has 21 heavy (non-hydrogen) atoms. The van der Waals surface area contributed by atoms with E-state index in [1.54, 1.807) is 12.4 Å². The fourth-order valence-corrected chi connectivity index (χ4v) is 3.51. The summed E-state index contributed by atoms with van der Waals surface area (Å²) in [5.74, 6) is 0. The van der Waals surface area contributed by atoms with E-state index in [2.05, 4.69) is 36.8 Å². The molecular formula is C15H16BrClN4. The van der Waals surface area contributed by atoms with Gasteiger partial charge in [0.05, 0.1) is 32.8 Å². The van der Waals surface area contributed by atoms with E-state index in [0.29, 0.717) is 5.69 Å². The molecule has 2 N–H and O–H groups in total. The summed E-state index contributed by atoms with van der Waals surface area (Å²) in [5, 5.41) is 0.801. The first-order valence-corrected chi connectivity index (χ1v) is 7.97. The van der Waals surface area contributed by atoms with Gasteiger partial charge >= 0.3 is 0 Å². The number of aromatic nitrogens is 1. The molecule has 0 bridgehead atoms. The second-order valence-corrected chi connectivity index (χ2v) is 6.25. The normalized spacial score (nSPS) is 15.3. The molecular weight excluding hydrogens is 352 g/mol. The Labute approximate surface area is 137 Å². The number of benzene rings is 1. The Morgan fingerprint density at radius 2 is 1.71 bits per heavy atom. The van der Waals surface area contributed by atoms with Gasteiger partial charge in [0.1, 0.15) is 0 Å². The molecule has 2 heterocycles. The van der Waals surface area contributed by atoms with Crippen LogP contribution in [-0.4, -0.2) is 31.2 Å². The lowest BCUT2D eigenvalue weighted by Gasteiger charge is -2.38. The first kappa shape index (κ1) is 14.5. The van der Waals surface area contributed by atoms with Gasteiger partial charge in [-0.05, 0) is 28.1 Å². The van der Waals surface area contributed by atoms with Gasteiger partial charge in [0.2, 0.25) is 0 Å². The van der Waals surface area contributed by atoms with Crippen LogP contribution in [0.5, 0.6) is 0 Å². The zero-order valence-electron chi connectivity index (χ0n) is 11.5. The molecule has 2 aromatic rings. The molecule has 0 aliphatic carbocycles. The first-order valence-electron chi connectivity index (χ1n) is 6.80. The van der Waals surface area contributed by atoms with Gasteiger partial charge in [-0.2, -0.15) is 0 Å². The van der Waals surface area contributed by atoms with E-state index in [4.69, 9.17) is 17.3 Å². The third-order valence-electron chi connectivity index (χ3n) is 3.69. The average molecular weight is 368 g/mol. The van der Waals surface area contributed by atoms with Crippen molar-refractivity contribution in [2.24, 2.45) is 0 Å². The van der Waals surface area contributed by atoms with Crippen molar-refractivity contribution in [1.29, 1.82) is 0 Å². The molecule has 0 spiro atoms. The molecule has 0 saturated carbocycles. The van der Waals surface area contributed by atoms with Gasteiger partial charge in [-0.1, -0.05) is 23.7 Å². The summed E-state index contributed by atoms with van der Waals surface area (Å²) in [7, 11) is 0. The third kappa shape index (κ3) is 2.94. The Morgan fingerprint density at radius 1 is 1.05 bits per heavy atom. The number of pyridine rings is 1. The summed E-state index contributed by atoms with van der Waals surface area (Å²) in [6.07, 6.45) is 3.48. The molecule has 0 atom stereocenters. The van der Waals surface area contributed by atoms with Crippen molar-refractivity contribution in [1.82, 2.24) is 4.98 Å². The minimum Gasteiger partial charge on any atom is -0.396 e. The van der Waals surface area contributed by atoms with Crippen LogP contribution in [0.25, 0.3) is 0 Å². The average Bonchev–Trinajstić information content (AvgIpc) is 2.48. The van der Waals surface area contributed by atoms with Crippen LogP contribution in [0, 0.1) is 0 Å². The monoisotopic (exact) mass is 366 g/mol. The van der Waals surface area contributed by atoms with Crippen LogP contribution in [0.1, 0.15) is 0 Å². The second-order valence-electron chi connectivity index (χ2n) is 4.98. The summed E-state index contributed by atoms with van der Waals surface area (Å²) in [6.45, 7) is 3.63. The largest absolute Gasteiger partial charge is 0.396 e. The van der Waals surface area contributed by atoms with E-state index >= 15 is 0 Å². The predicted molar refractivity (Wildman–Crippen MR) is 92.2 cm³/mol. The lowest BCUT2D eigenvalue weighted by atomic mass is 10.2. The van der Waals surface area contributed by atoms with Crippen LogP contribution in [-0.2, 0) is 0 Å². The minimum atomic E-state index is 0.704. The molecule has 1 aromatic carbocycles. The van der Waals surface area contributed by atoms with Crippen LogP contribution in [0.15, 0.2) is 41.1 Å². The van der Waals surface area contributed by atoms with Gasteiger partial charge in [-0.3, -0.25) is 4.98 Å². The Morgan fingerprint density at radius 3 is 2.38 bits per heavy atom. The van der Waals surface area contributed by atoms with Crippen molar-refractivity contribution in [2.75, 3.05) is 41.7 Å². The zero-order chi connectivity index (χ0) is 14.8. The summed E-state index contributed by atoms with van der Waals surface area (Å²) in [4.78, 5) is 8.68. The van der Waals surface area contributed by atoms with Crippen molar-refractivity contribution in [3.63, 3.8) is 0 Å². The lowest BCUT2D eigenvalue weighted by molar-refractivity contribution is 0.653. The van der Waals surface area contributed by atoms with Crippen molar-refractivity contribution >= 4 is 44.6 Å². The number of para-hydroxylation sites is 1. The number of nitrogen functional groups attached to an aromatic ring is 1. The highest BCUT2D eigenvalue weighted by atomic mass is 79.9. The highest BCUT2D eigenvalue weighted by molar-refractivity contribution is 9.10. The van der Waals surface area contributed by atoms with Gasteiger partial charge in [0, 0.05) is 32.4 Å². The van der Waals surface area contributed by atoms with Crippen LogP contribution >= 0.6 is 27.5 Å². The van der Waals surface area contributed by atoms with E-state index in [1.165, 1.54) is 0 Å². The van der Waals surface area contributed by atoms with Crippen molar-refractivity contribution in [3.8, 4) is 0 Å². The fraction of sp³-hybridized carbons (Fsp3) is 0.267. The predicted octanol–water partition coefficient (Wildman–Crippen LogP) is 3.41. The van der Waals surface area contributed by atoms with Gasteiger partial charge in [0.15, 0.2) is 0 Å². The second kappa shape index (κ2) is 6.12. The van der Waals surface area contributed by atoms with Crippen LogP contribution in [0.2, 0.25) is 5.02 Å². The van der Waals surface area contributed by atoms with Gasteiger partial charge < -0.3 is 15.5 Å². The quantitative estimate of drug-likeness (QED) is 0.883. The molecule has 1 fully saturated rings. The zero-order valence-corrected chi connectivity index (χ0v) is 13.8. The first-order chi connectivity index (χ1) is 10.2. The molecule has 1 aliphatic heterocycles. The van der Waals surface area contributed by atoms with Crippen LogP contribution < -0.4 is 15.5 Å². The Hall–Kier alpha value is -1.46. The maximum absolute atomic E-state index is 6.27. The van der Waals surface area contributed by atoms with E-state index in [-0.39, 0.29) is 0 Å². The fourth-order valence-electron chi connectivity index (χ4n) is 2.66. The molecule has 110 valence electrons. The maximum Gasteiger partial charge on any atom is 0.0777 e. The Kier molecular flexibility index (Phi) is 4.22. The third-order valence-corrected chi connectivity index (χ3v) is 4.59. The SMILES string of the molecule is Nc1cncc(Br)c1N1CCN(c2ccccc2Cl)CC1. The van der Waals surface area contributed by atoms with Gasteiger partial charge in [0.25, 0.3) is 0 Å². The molecule has 1 aromatic heterocycles. The molecule has 0 unspecified atom stereocenters. The number of halogens is 2. The topological polar surface area (TPSA) is 45.4 Å². The van der Waals surface area contributed by atoms with Crippen LogP contribution in [0.3, 0.4) is 0 Å². The molecule has 4 nitrogen and oxygen atoms in total. The summed E-state index contributed by atoms with van der Waals surface area (Å²) < 4.78 is 0.939. The number of hydrogen-bond donors (Lipinski definition) is 1. The molecule has 1 saturated heterocycles. The molecule has 6 heteroatoms. The highest BCUT2D eigenvalue weighted by Gasteiger charge is 2.21. The summed E-state index contributed by atoms with van der Waals surface area (Å²) >= 11 is 9.81. The van der Waals surface area contributed by atoms with Gasteiger partial charge in [-0.25, -0.2) is 0 Å². The summed E-state index contributed by atoms with van der Waals surface area (Å²) in [6, 6.07) is 7.97. The molecule has 1 aliphatic rings. The number of nitrogens with two attached hydrogens (primary N) is 1. The Bertz CT molecular complexity index is 621. The smallest absolute Gasteiger partial charge is 0.0777 e. The van der Waals surface area contributed by atoms with Crippen molar-refractivity contribution < 1.29 is 0 Å². The van der Waals surface area contributed by atoms with Gasteiger partial charge in [-0.15, -0.1) is 0 Å². The van der Waals surface area contributed by atoms with E-state index in [1.807, 2.05) is 18.2 Å². The lowest BCUT2D eigenvalue weighted by Crippen LogP contribution is -2.47. The standard InChI is InChI=1S/C15H16BrClN4/c16-11-9-19-10-13(18)15(11)21-7-5-20(6-8-21)14-4-2-1-3-12(14)17/h1-4,9-10H,5-8,18H2. The van der Waals surface area contributed by atoms with E-state index < -0.39 is 0 Å². The Balaban J connectivity index is 1.75. The van der Waals surface area contributed by atoms with Crippen molar-refractivity contribution in [3.05, 3.63) is 46.2 Å². The maximum atomic E-state index is 6.27.